The molecule has 0 saturated carbocycles. The number of aryl methyl sites for hydroxylation is 1. The summed E-state index contributed by atoms with van der Waals surface area (Å²) in [6.45, 7) is 1.61. The molecule has 2 N–H and O–H groups in total. The minimum Gasteiger partial charge on any atom is -0.477 e. The van der Waals surface area contributed by atoms with Crippen molar-refractivity contribution in [3.63, 3.8) is 0 Å². The summed E-state index contributed by atoms with van der Waals surface area (Å²) in [5.41, 5.74) is 0.139. The summed E-state index contributed by atoms with van der Waals surface area (Å²) in [4.78, 5) is 24.7. The molecule has 0 aromatic carbocycles. The predicted molar refractivity (Wildman–Crippen MR) is 53.1 cm³/mol. The average Bonchev–Trinajstić information content (AvgIpc) is 2.59. The summed E-state index contributed by atoms with van der Waals surface area (Å²) in [5, 5.41) is 9.88. The van der Waals surface area contributed by atoms with Gasteiger partial charge in [0.15, 0.2) is 5.13 Å². The Labute approximate surface area is 97.3 Å². The Morgan fingerprint density at radius 1 is 1.47 bits per heavy atom. The van der Waals surface area contributed by atoms with E-state index >= 15 is 0 Å². The number of halogens is 3. The molecule has 94 valence electrons. The zero-order chi connectivity index (χ0) is 13.2. The average molecular weight is 268 g/mol. The number of rotatable bonds is 3. The van der Waals surface area contributed by atoms with Crippen LogP contribution in [0.1, 0.15) is 22.3 Å². The third-order valence-electron chi connectivity index (χ3n) is 1.70. The number of aromatic carboxylic acids is 1. The van der Waals surface area contributed by atoms with Gasteiger partial charge in [0.1, 0.15) is 4.88 Å². The Balaban J connectivity index is 2.94. The number of amides is 1. The van der Waals surface area contributed by atoms with Crippen LogP contribution in [0.2, 0.25) is 0 Å². The lowest BCUT2D eigenvalue weighted by atomic mass is 10.3. The van der Waals surface area contributed by atoms with Crippen LogP contribution < -0.4 is 5.32 Å². The van der Waals surface area contributed by atoms with E-state index in [1.165, 1.54) is 5.32 Å². The topological polar surface area (TPSA) is 79.3 Å². The maximum Gasteiger partial charge on any atom is 0.471 e. The van der Waals surface area contributed by atoms with Gasteiger partial charge in [-0.1, -0.05) is 18.3 Å². The Hall–Kier alpha value is -1.64. The fraction of sp³-hybridized carbons (Fsp3) is 0.375. The summed E-state index contributed by atoms with van der Waals surface area (Å²) in [7, 11) is 0. The molecular formula is C8H7F3N2O3S. The Morgan fingerprint density at radius 2 is 2.06 bits per heavy atom. The number of carboxylic acids is 1. The predicted octanol–water partition coefficient (Wildman–Crippen LogP) is 1.90. The molecule has 1 aromatic rings. The molecule has 0 aliphatic carbocycles. The number of hydrogen-bond donors (Lipinski definition) is 2. The van der Waals surface area contributed by atoms with Gasteiger partial charge in [-0.3, -0.25) is 10.1 Å². The van der Waals surface area contributed by atoms with Crippen molar-refractivity contribution >= 4 is 28.3 Å². The highest BCUT2D eigenvalue weighted by molar-refractivity contribution is 7.17. The lowest BCUT2D eigenvalue weighted by Crippen LogP contribution is -2.29. The maximum absolute atomic E-state index is 11.9. The molecule has 0 bridgehead atoms. The van der Waals surface area contributed by atoms with E-state index in [1.54, 1.807) is 6.92 Å². The second-order valence-corrected chi connectivity index (χ2v) is 3.90. The SMILES string of the molecule is CCc1nc(NC(=O)C(F)(F)F)sc1C(=O)O. The van der Waals surface area contributed by atoms with Crippen molar-refractivity contribution in [1.82, 2.24) is 4.98 Å². The summed E-state index contributed by atoms with van der Waals surface area (Å²) >= 11 is 0.494. The molecular weight excluding hydrogens is 261 g/mol. The first-order chi connectivity index (χ1) is 7.75. The molecule has 0 radical (unpaired) electrons. The Morgan fingerprint density at radius 3 is 2.41 bits per heavy atom. The monoisotopic (exact) mass is 268 g/mol. The van der Waals surface area contributed by atoms with Crippen molar-refractivity contribution in [2.24, 2.45) is 0 Å². The zero-order valence-electron chi connectivity index (χ0n) is 8.46. The van der Waals surface area contributed by atoms with Crippen LogP contribution in [-0.2, 0) is 11.2 Å². The van der Waals surface area contributed by atoms with Gasteiger partial charge in [0.2, 0.25) is 0 Å². The molecule has 17 heavy (non-hydrogen) atoms. The standard InChI is InChI=1S/C8H7F3N2O3S/c1-2-3-4(5(14)15)17-7(12-3)13-6(16)8(9,10)11/h2H2,1H3,(H,14,15)(H,12,13,16). The number of alkyl halides is 3. The van der Waals surface area contributed by atoms with Gasteiger partial charge in [-0.25, -0.2) is 9.78 Å². The number of carbonyl (C=O) groups excluding carboxylic acids is 1. The molecule has 0 saturated heterocycles. The molecule has 1 rings (SSSR count). The molecule has 0 atom stereocenters. The molecule has 0 fully saturated rings. The van der Waals surface area contributed by atoms with Crippen LogP contribution in [0.25, 0.3) is 0 Å². The van der Waals surface area contributed by atoms with Gasteiger partial charge in [0.25, 0.3) is 0 Å². The fourth-order valence-electron chi connectivity index (χ4n) is 0.980. The molecule has 0 unspecified atom stereocenters. The molecule has 0 spiro atoms. The normalized spacial score (nSPS) is 11.3. The van der Waals surface area contributed by atoms with Crippen LogP contribution in [0.15, 0.2) is 0 Å². The number of aromatic nitrogens is 1. The van der Waals surface area contributed by atoms with Crippen LogP contribution in [0.3, 0.4) is 0 Å². The van der Waals surface area contributed by atoms with Crippen LogP contribution in [-0.4, -0.2) is 28.1 Å². The van der Waals surface area contributed by atoms with E-state index in [0.29, 0.717) is 11.3 Å². The molecule has 9 heteroatoms. The number of carbonyl (C=O) groups is 2. The maximum atomic E-state index is 11.9. The number of nitrogens with zero attached hydrogens (tertiary/aromatic N) is 1. The summed E-state index contributed by atoms with van der Waals surface area (Å²) in [5.74, 6) is -3.46. The lowest BCUT2D eigenvalue weighted by Gasteiger charge is -2.03. The number of anilines is 1. The van der Waals surface area contributed by atoms with Crippen molar-refractivity contribution < 1.29 is 27.9 Å². The molecule has 0 aliphatic heterocycles. The van der Waals surface area contributed by atoms with Gasteiger partial charge in [-0.15, -0.1) is 0 Å². The Bertz CT molecular complexity index is 455. The Kier molecular flexibility index (Phi) is 3.71. The highest BCUT2D eigenvalue weighted by atomic mass is 32.1. The van der Waals surface area contributed by atoms with Crippen LogP contribution >= 0.6 is 11.3 Å². The van der Waals surface area contributed by atoms with Gasteiger partial charge in [-0.2, -0.15) is 13.2 Å². The van der Waals surface area contributed by atoms with E-state index < -0.39 is 18.1 Å². The molecule has 5 nitrogen and oxygen atoms in total. The van der Waals surface area contributed by atoms with Gasteiger partial charge in [-0.05, 0) is 6.42 Å². The van der Waals surface area contributed by atoms with E-state index in [9.17, 15) is 22.8 Å². The molecule has 1 aromatic heterocycles. The van der Waals surface area contributed by atoms with Crippen molar-refractivity contribution in [3.8, 4) is 0 Å². The highest BCUT2D eigenvalue weighted by Gasteiger charge is 2.39. The van der Waals surface area contributed by atoms with Crippen molar-refractivity contribution in [2.75, 3.05) is 5.32 Å². The third kappa shape index (κ3) is 3.16. The van der Waals surface area contributed by atoms with E-state index in [4.69, 9.17) is 5.11 Å². The van der Waals surface area contributed by atoms with Crippen LogP contribution in [0.5, 0.6) is 0 Å². The van der Waals surface area contributed by atoms with Gasteiger partial charge >= 0.3 is 18.1 Å². The summed E-state index contributed by atoms with van der Waals surface area (Å²) in [6, 6.07) is 0. The third-order valence-corrected chi connectivity index (χ3v) is 2.71. The largest absolute Gasteiger partial charge is 0.477 e. The quantitative estimate of drug-likeness (QED) is 0.877. The van der Waals surface area contributed by atoms with Crippen molar-refractivity contribution in [1.29, 1.82) is 0 Å². The zero-order valence-corrected chi connectivity index (χ0v) is 9.28. The van der Waals surface area contributed by atoms with Crippen LogP contribution in [0.4, 0.5) is 18.3 Å². The number of nitrogens with one attached hydrogen (secondary N) is 1. The second-order valence-electron chi connectivity index (χ2n) is 2.91. The molecule has 0 aliphatic rings. The number of carboxylic acid groups (broad SMARTS) is 1. The minimum atomic E-state index is -5.03. The first-order valence-corrected chi connectivity index (χ1v) is 5.18. The smallest absolute Gasteiger partial charge is 0.471 e. The van der Waals surface area contributed by atoms with Crippen molar-refractivity contribution in [2.45, 2.75) is 19.5 Å². The second kappa shape index (κ2) is 4.70. The first kappa shape index (κ1) is 13.4. The van der Waals surface area contributed by atoms with E-state index in [1.807, 2.05) is 0 Å². The summed E-state index contributed by atoms with van der Waals surface area (Å²) in [6.07, 6.45) is -4.78. The lowest BCUT2D eigenvalue weighted by molar-refractivity contribution is -0.167. The van der Waals surface area contributed by atoms with Crippen LogP contribution in [0, 0.1) is 0 Å². The van der Waals surface area contributed by atoms with Gasteiger partial charge < -0.3 is 5.11 Å². The van der Waals surface area contributed by atoms with E-state index in [0.717, 1.165) is 0 Å². The minimum absolute atomic E-state index is 0.139. The molecule has 1 amide bonds. The first-order valence-electron chi connectivity index (χ1n) is 4.36. The van der Waals surface area contributed by atoms with E-state index in [2.05, 4.69) is 4.98 Å². The number of thiazole rings is 1. The van der Waals surface area contributed by atoms with Gasteiger partial charge in [0, 0.05) is 0 Å². The van der Waals surface area contributed by atoms with Crippen molar-refractivity contribution in [3.05, 3.63) is 10.6 Å². The van der Waals surface area contributed by atoms with Gasteiger partial charge in [0.05, 0.1) is 5.69 Å². The molecule has 1 heterocycles. The highest BCUT2D eigenvalue weighted by Crippen LogP contribution is 2.25. The van der Waals surface area contributed by atoms with E-state index in [-0.39, 0.29) is 22.1 Å². The number of hydrogen-bond acceptors (Lipinski definition) is 4. The summed E-state index contributed by atoms with van der Waals surface area (Å²) < 4.78 is 35.8. The fourth-order valence-corrected chi connectivity index (χ4v) is 1.87.